The highest BCUT2D eigenvalue weighted by Gasteiger charge is 2.07. The average molecular weight is 303 g/mol. The van der Waals surface area contributed by atoms with Gasteiger partial charge < -0.3 is 4.90 Å². The predicted octanol–water partition coefficient (Wildman–Crippen LogP) is 2.84. The molecule has 1 aromatic carbocycles. The maximum absolute atomic E-state index is 8.99. The summed E-state index contributed by atoms with van der Waals surface area (Å²) >= 11 is 3.39. The summed E-state index contributed by atoms with van der Waals surface area (Å²) in [6, 6.07) is 11.5. The lowest BCUT2D eigenvalue weighted by Crippen LogP contribution is -2.13. The van der Waals surface area contributed by atoms with Gasteiger partial charge in [-0.05, 0) is 12.1 Å². The van der Waals surface area contributed by atoms with Crippen molar-refractivity contribution >= 4 is 21.9 Å². The fourth-order valence-corrected chi connectivity index (χ4v) is 1.72. The van der Waals surface area contributed by atoms with E-state index in [-0.39, 0.29) is 0 Å². The van der Waals surface area contributed by atoms with Gasteiger partial charge in [-0.2, -0.15) is 5.26 Å². The first kappa shape index (κ1) is 12.5. The van der Waals surface area contributed by atoms with E-state index in [0.717, 1.165) is 15.7 Å². The quantitative estimate of drug-likeness (QED) is 0.856. The molecule has 0 atom stereocenters. The molecule has 2 rings (SSSR count). The van der Waals surface area contributed by atoms with Crippen molar-refractivity contribution in [1.29, 1.82) is 5.26 Å². The number of nitriles is 1. The van der Waals surface area contributed by atoms with E-state index in [4.69, 9.17) is 5.26 Å². The Morgan fingerprint density at radius 3 is 2.39 bits per heavy atom. The summed E-state index contributed by atoms with van der Waals surface area (Å²) in [4.78, 5) is 10.3. The Morgan fingerprint density at radius 1 is 1.17 bits per heavy atom. The van der Waals surface area contributed by atoms with Gasteiger partial charge in [-0.1, -0.05) is 28.1 Å². The summed E-state index contributed by atoms with van der Waals surface area (Å²) in [5.74, 6) is 0.534. The Hall–Kier alpha value is -1.93. The van der Waals surface area contributed by atoms with Gasteiger partial charge in [0.25, 0.3) is 0 Å². The van der Waals surface area contributed by atoms with E-state index in [1.165, 1.54) is 0 Å². The van der Waals surface area contributed by atoms with Crippen molar-refractivity contribution in [2.45, 2.75) is 0 Å². The second-order valence-electron chi connectivity index (χ2n) is 3.95. The highest BCUT2D eigenvalue weighted by molar-refractivity contribution is 9.10. The summed E-state index contributed by atoms with van der Waals surface area (Å²) in [6.45, 7) is 0. The first-order valence-electron chi connectivity index (χ1n) is 5.32. The molecule has 18 heavy (non-hydrogen) atoms. The maximum Gasteiger partial charge on any atom is 0.226 e. The van der Waals surface area contributed by atoms with Crippen molar-refractivity contribution in [3.8, 4) is 17.3 Å². The molecule has 4 nitrogen and oxygen atoms in total. The molecule has 0 spiro atoms. The molecule has 90 valence electrons. The molecule has 0 fully saturated rings. The molecule has 0 unspecified atom stereocenters. The largest absolute Gasteiger partial charge is 0.347 e. The summed E-state index contributed by atoms with van der Waals surface area (Å²) < 4.78 is 1.01. The van der Waals surface area contributed by atoms with Gasteiger partial charge in [0.2, 0.25) is 5.95 Å². The van der Waals surface area contributed by atoms with Gasteiger partial charge in [0.05, 0.1) is 5.69 Å². The third kappa shape index (κ3) is 2.66. The zero-order valence-corrected chi connectivity index (χ0v) is 11.6. The van der Waals surface area contributed by atoms with E-state index < -0.39 is 0 Å². The summed E-state index contributed by atoms with van der Waals surface area (Å²) in [6.07, 6.45) is 0. The molecular weight excluding hydrogens is 292 g/mol. The summed E-state index contributed by atoms with van der Waals surface area (Å²) in [5, 5.41) is 8.99. The van der Waals surface area contributed by atoms with Gasteiger partial charge in [0.1, 0.15) is 11.8 Å². The standard InChI is InChI=1S/C13H11BrN4/c1-18(2)13-16-11(8-15)7-12(17-13)9-3-5-10(14)6-4-9/h3-7H,1-2H3. The van der Waals surface area contributed by atoms with Crippen molar-refractivity contribution in [2.75, 3.05) is 19.0 Å². The van der Waals surface area contributed by atoms with Crippen molar-refractivity contribution in [3.05, 3.63) is 40.5 Å². The molecule has 0 amide bonds. The van der Waals surface area contributed by atoms with Gasteiger partial charge in [-0.15, -0.1) is 0 Å². The molecule has 0 N–H and O–H groups in total. The van der Waals surface area contributed by atoms with E-state index in [1.807, 2.05) is 38.4 Å². The van der Waals surface area contributed by atoms with Crippen LogP contribution in [0.2, 0.25) is 0 Å². The third-order valence-electron chi connectivity index (χ3n) is 2.37. The van der Waals surface area contributed by atoms with E-state index in [2.05, 4.69) is 32.0 Å². The molecule has 1 aromatic heterocycles. The number of anilines is 1. The Bertz CT molecular complexity index is 599. The normalized spacial score (nSPS) is 9.89. The molecule has 0 saturated heterocycles. The first-order valence-corrected chi connectivity index (χ1v) is 6.12. The molecule has 0 saturated carbocycles. The van der Waals surface area contributed by atoms with Gasteiger partial charge in [-0.3, -0.25) is 0 Å². The molecule has 2 aromatic rings. The Balaban J connectivity index is 2.53. The van der Waals surface area contributed by atoms with Crippen LogP contribution in [0.4, 0.5) is 5.95 Å². The minimum atomic E-state index is 0.367. The van der Waals surface area contributed by atoms with Crippen molar-refractivity contribution < 1.29 is 0 Å². The van der Waals surface area contributed by atoms with Crippen molar-refractivity contribution in [1.82, 2.24) is 9.97 Å². The van der Waals surface area contributed by atoms with Gasteiger partial charge in [-0.25, -0.2) is 9.97 Å². The van der Waals surface area contributed by atoms with E-state index in [1.54, 1.807) is 11.0 Å². The zero-order valence-electron chi connectivity index (χ0n) is 10.1. The summed E-state index contributed by atoms with van der Waals surface area (Å²) in [7, 11) is 3.70. The minimum Gasteiger partial charge on any atom is -0.347 e. The van der Waals surface area contributed by atoms with E-state index in [9.17, 15) is 0 Å². The van der Waals surface area contributed by atoms with Crippen LogP contribution in [0.25, 0.3) is 11.3 Å². The lowest BCUT2D eigenvalue weighted by Gasteiger charge is -2.11. The highest BCUT2D eigenvalue weighted by atomic mass is 79.9. The molecule has 0 bridgehead atoms. The zero-order chi connectivity index (χ0) is 13.1. The van der Waals surface area contributed by atoms with Crippen LogP contribution in [0.3, 0.4) is 0 Å². The molecule has 5 heteroatoms. The second-order valence-corrected chi connectivity index (χ2v) is 4.87. The smallest absolute Gasteiger partial charge is 0.226 e. The Labute approximate surface area is 114 Å². The number of hydrogen-bond acceptors (Lipinski definition) is 4. The van der Waals surface area contributed by atoms with Crippen molar-refractivity contribution in [2.24, 2.45) is 0 Å². The number of hydrogen-bond donors (Lipinski definition) is 0. The number of rotatable bonds is 2. The SMILES string of the molecule is CN(C)c1nc(C#N)cc(-c2ccc(Br)cc2)n1. The van der Waals surface area contributed by atoms with Crippen LogP contribution in [0.5, 0.6) is 0 Å². The molecule has 0 aliphatic heterocycles. The van der Waals surface area contributed by atoms with Gasteiger partial charge in [0, 0.05) is 30.2 Å². The first-order chi connectivity index (χ1) is 8.60. The van der Waals surface area contributed by atoms with Crippen LogP contribution < -0.4 is 4.90 Å². The fourth-order valence-electron chi connectivity index (χ4n) is 1.46. The van der Waals surface area contributed by atoms with Crippen LogP contribution in [0.1, 0.15) is 5.69 Å². The number of halogens is 1. The van der Waals surface area contributed by atoms with Crippen LogP contribution in [0.15, 0.2) is 34.8 Å². The number of nitrogens with zero attached hydrogens (tertiary/aromatic N) is 4. The minimum absolute atomic E-state index is 0.367. The monoisotopic (exact) mass is 302 g/mol. The molecule has 0 aliphatic rings. The second kappa shape index (κ2) is 5.15. The molecule has 1 heterocycles. The lowest BCUT2D eigenvalue weighted by molar-refractivity contribution is 0.993. The Morgan fingerprint density at radius 2 is 1.83 bits per heavy atom. The topological polar surface area (TPSA) is 52.8 Å². The lowest BCUT2D eigenvalue weighted by atomic mass is 10.1. The summed E-state index contributed by atoms with van der Waals surface area (Å²) in [5.41, 5.74) is 2.07. The van der Waals surface area contributed by atoms with Crippen molar-refractivity contribution in [3.63, 3.8) is 0 Å². The van der Waals surface area contributed by atoms with E-state index >= 15 is 0 Å². The fraction of sp³-hybridized carbons (Fsp3) is 0.154. The molecule has 0 radical (unpaired) electrons. The predicted molar refractivity (Wildman–Crippen MR) is 74.2 cm³/mol. The third-order valence-corrected chi connectivity index (χ3v) is 2.90. The van der Waals surface area contributed by atoms with E-state index in [0.29, 0.717) is 11.6 Å². The maximum atomic E-state index is 8.99. The highest BCUT2D eigenvalue weighted by Crippen LogP contribution is 2.22. The molecule has 0 aliphatic carbocycles. The molecular formula is C13H11BrN4. The van der Waals surface area contributed by atoms with Crippen LogP contribution in [-0.4, -0.2) is 24.1 Å². The number of aromatic nitrogens is 2. The van der Waals surface area contributed by atoms with Gasteiger partial charge in [0.15, 0.2) is 0 Å². The Kier molecular flexibility index (Phi) is 3.58. The average Bonchev–Trinajstić information content (AvgIpc) is 2.39. The van der Waals surface area contributed by atoms with Crippen LogP contribution in [0, 0.1) is 11.3 Å². The van der Waals surface area contributed by atoms with Crippen LogP contribution in [-0.2, 0) is 0 Å². The van der Waals surface area contributed by atoms with Gasteiger partial charge >= 0.3 is 0 Å². The number of benzene rings is 1. The van der Waals surface area contributed by atoms with Crippen LogP contribution >= 0.6 is 15.9 Å².